The van der Waals surface area contributed by atoms with Gasteiger partial charge >= 0.3 is 0 Å². The van der Waals surface area contributed by atoms with E-state index in [0.29, 0.717) is 12.5 Å². The Kier molecular flexibility index (Phi) is 10.4. The highest BCUT2D eigenvalue weighted by atomic mass is 35.5. The molecule has 2 atom stereocenters. The summed E-state index contributed by atoms with van der Waals surface area (Å²) in [4.78, 5) is 14.2. The molecule has 2 rings (SSSR count). The molecular formula is C16H27Cl2N3O2. The number of halogens is 2. The third-order valence-corrected chi connectivity index (χ3v) is 3.75. The molecule has 1 amide bonds. The van der Waals surface area contributed by atoms with E-state index in [-0.39, 0.29) is 36.8 Å². The first kappa shape index (κ1) is 22.1. The van der Waals surface area contributed by atoms with Crippen LogP contribution in [0.5, 0.6) is 0 Å². The zero-order valence-electron chi connectivity index (χ0n) is 13.7. The Balaban J connectivity index is 0.00000242. The van der Waals surface area contributed by atoms with Gasteiger partial charge in [-0.2, -0.15) is 0 Å². The standard InChI is InChI=1S/C16H25N3O2.2ClH/c1-12(17)10-16(20)18-15-5-3-4-14(11-15)13(2)19-6-8-21-9-7-19;;/h3-5,11-13H,6-10,17H2,1-2H3,(H,18,20);2*1H. The van der Waals surface area contributed by atoms with Gasteiger partial charge in [-0.3, -0.25) is 9.69 Å². The molecule has 132 valence electrons. The highest BCUT2D eigenvalue weighted by Gasteiger charge is 2.18. The van der Waals surface area contributed by atoms with Crippen LogP contribution >= 0.6 is 24.8 Å². The fourth-order valence-electron chi connectivity index (χ4n) is 2.56. The van der Waals surface area contributed by atoms with Crippen LogP contribution in [-0.2, 0) is 9.53 Å². The fourth-order valence-corrected chi connectivity index (χ4v) is 2.56. The zero-order chi connectivity index (χ0) is 15.2. The lowest BCUT2D eigenvalue weighted by Crippen LogP contribution is -2.38. The summed E-state index contributed by atoms with van der Waals surface area (Å²) in [5.74, 6) is -0.0406. The Labute approximate surface area is 150 Å². The van der Waals surface area contributed by atoms with E-state index in [4.69, 9.17) is 10.5 Å². The smallest absolute Gasteiger partial charge is 0.225 e. The van der Waals surface area contributed by atoms with Gasteiger partial charge < -0.3 is 15.8 Å². The van der Waals surface area contributed by atoms with Crippen LogP contribution in [0.25, 0.3) is 0 Å². The van der Waals surface area contributed by atoms with Gasteiger partial charge in [0.05, 0.1) is 13.2 Å². The van der Waals surface area contributed by atoms with Crippen molar-refractivity contribution < 1.29 is 9.53 Å². The van der Waals surface area contributed by atoms with Gasteiger partial charge in [0.15, 0.2) is 0 Å². The molecule has 0 saturated carbocycles. The van der Waals surface area contributed by atoms with Crippen LogP contribution in [0.4, 0.5) is 5.69 Å². The van der Waals surface area contributed by atoms with Gasteiger partial charge in [0.25, 0.3) is 0 Å². The number of rotatable bonds is 5. The number of amides is 1. The summed E-state index contributed by atoms with van der Waals surface area (Å²) in [5, 5.41) is 2.91. The average Bonchev–Trinajstić information content (AvgIpc) is 2.46. The first-order chi connectivity index (χ1) is 10.1. The van der Waals surface area contributed by atoms with Crippen LogP contribution in [0.15, 0.2) is 24.3 Å². The van der Waals surface area contributed by atoms with Gasteiger partial charge in [0, 0.05) is 37.3 Å². The number of nitrogens with one attached hydrogen (secondary N) is 1. The summed E-state index contributed by atoms with van der Waals surface area (Å²) in [7, 11) is 0. The minimum atomic E-state index is -0.125. The van der Waals surface area contributed by atoms with Gasteiger partial charge in [-0.15, -0.1) is 24.8 Å². The van der Waals surface area contributed by atoms with E-state index in [1.165, 1.54) is 5.56 Å². The van der Waals surface area contributed by atoms with Crippen LogP contribution in [0.1, 0.15) is 31.9 Å². The molecular weight excluding hydrogens is 337 g/mol. The van der Waals surface area contributed by atoms with Crippen molar-refractivity contribution in [2.24, 2.45) is 5.73 Å². The summed E-state index contributed by atoms with van der Waals surface area (Å²) >= 11 is 0. The highest BCUT2D eigenvalue weighted by molar-refractivity contribution is 5.91. The lowest BCUT2D eigenvalue weighted by Gasteiger charge is -2.32. The van der Waals surface area contributed by atoms with E-state index < -0.39 is 0 Å². The maximum absolute atomic E-state index is 11.8. The number of nitrogens with two attached hydrogens (primary N) is 1. The molecule has 0 radical (unpaired) electrons. The van der Waals surface area contributed by atoms with Crippen molar-refractivity contribution in [1.82, 2.24) is 4.90 Å². The minimum absolute atomic E-state index is 0. The van der Waals surface area contributed by atoms with E-state index in [1.54, 1.807) is 0 Å². The molecule has 1 aromatic carbocycles. The second-order valence-corrected chi connectivity index (χ2v) is 5.68. The van der Waals surface area contributed by atoms with E-state index >= 15 is 0 Å². The minimum Gasteiger partial charge on any atom is -0.379 e. The molecule has 23 heavy (non-hydrogen) atoms. The van der Waals surface area contributed by atoms with E-state index in [9.17, 15) is 4.79 Å². The summed E-state index contributed by atoms with van der Waals surface area (Å²) in [6, 6.07) is 8.22. The molecule has 1 aliphatic heterocycles. The first-order valence-corrected chi connectivity index (χ1v) is 7.53. The van der Waals surface area contributed by atoms with Crippen LogP contribution in [0.3, 0.4) is 0 Å². The first-order valence-electron chi connectivity index (χ1n) is 7.53. The summed E-state index contributed by atoms with van der Waals surface area (Å²) in [6.45, 7) is 7.49. The Morgan fingerprint density at radius 2 is 1.96 bits per heavy atom. The van der Waals surface area contributed by atoms with E-state index in [1.807, 2.05) is 25.1 Å². The van der Waals surface area contributed by atoms with Crippen LogP contribution in [0, 0.1) is 0 Å². The van der Waals surface area contributed by atoms with Crippen molar-refractivity contribution in [3.8, 4) is 0 Å². The molecule has 2 unspecified atom stereocenters. The number of carbonyl (C=O) groups is 1. The maximum Gasteiger partial charge on any atom is 0.225 e. The van der Waals surface area contributed by atoms with E-state index in [0.717, 1.165) is 32.0 Å². The SMILES string of the molecule is CC(N)CC(=O)Nc1cccc(C(C)N2CCOCC2)c1.Cl.Cl. The van der Waals surface area contributed by atoms with Gasteiger partial charge in [-0.25, -0.2) is 0 Å². The van der Waals surface area contributed by atoms with Gasteiger partial charge in [0.2, 0.25) is 5.91 Å². The molecule has 0 aromatic heterocycles. The van der Waals surface area contributed by atoms with Crippen molar-refractivity contribution >= 4 is 36.4 Å². The molecule has 1 aliphatic rings. The number of morpholine rings is 1. The quantitative estimate of drug-likeness (QED) is 0.843. The Hall–Kier alpha value is -0.850. The monoisotopic (exact) mass is 363 g/mol. The van der Waals surface area contributed by atoms with Crippen molar-refractivity contribution in [3.05, 3.63) is 29.8 Å². The summed E-state index contributed by atoms with van der Waals surface area (Å²) < 4.78 is 5.39. The largest absolute Gasteiger partial charge is 0.379 e. The van der Waals surface area contributed by atoms with Crippen molar-refractivity contribution in [2.75, 3.05) is 31.6 Å². The highest BCUT2D eigenvalue weighted by Crippen LogP contribution is 2.23. The number of anilines is 1. The van der Waals surface area contributed by atoms with Crippen LogP contribution < -0.4 is 11.1 Å². The van der Waals surface area contributed by atoms with Crippen LogP contribution in [-0.4, -0.2) is 43.2 Å². The zero-order valence-corrected chi connectivity index (χ0v) is 15.3. The predicted octanol–water partition coefficient (Wildman–Crippen LogP) is 2.60. The molecule has 7 heteroatoms. The second-order valence-electron chi connectivity index (χ2n) is 5.68. The topological polar surface area (TPSA) is 67.6 Å². The molecule has 0 spiro atoms. The molecule has 5 nitrogen and oxygen atoms in total. The number of nitrogens with zero attached hydrogens (tertiary/aromatic N) is 1. The Morgan fingerprint density at radius 1 is 1.30 bits per heavy atom. The Morgan fingerprint density at radius 3 is 2.57 bits per heavy atom. The molecule has 0 aliphatic carbocycles. The van der Waals surface area contributed by atoms with Gasteiger partial charge in [-0.1, -0.05) is 12.1 Å². The van der Waals surface area contributed by atoms with Crippen molar-refractivity contribution in [2.45, 2.75) is 32.4 Å². The molecule has 3 N–H and O–H groups in total. The summed E-state index contributed by atoms with van der Waals surface area (Å²) in [5.41, 5.74) is 7.68. The number of hydrogen-bond acceptors (Lipinski definition) is 4. The molecule has 1 fully saturated rings. The van der Waals surface area contributed by atoms with Crippen molar-refractivity contribution in [1.29, 1.82) is 0 Å². The lowest BCUT2D eigenvalue weighted by molar-refractivity contribution is -0.116. The van der Waals surface area contributed by atoms with Crippen molar-refractivity contribution in [3.63, 3.8) is 0 Å². The second kappa shape index (κ2) is 10.8. The van der Waals surface area contributed by atoms with Crippen LogP contribution in [0.2, 0.25) is 0 Å². The molecule has 1 heterocycles. The third kappa shape index (κ3) is 7.06. The average molecular weight is 364 g/mol. The normalized spacial score (nSPS) is 17.3. The van der Waals surface area contributed by atoms with E-state index in [2.05, 4.69) is 23.2 Å². The number of benzene rings is 1. The lowest BCUT2D eigenvalue weighted by atomic mass is 10.1. The number of ether oxygens (including phenoxy) is 1. The Bertz CT molecular complexity index is 480. The number of hydrogen-bond donors (Lipinski definition) is 2. The number of carbonyl (C=O) groups excluding carboxylic acids is 1. The fraction of sp³-hybridized carbons (Fsp3) is 0.562. The van der Waals surface area contributed by atoms with Gasteiger partial charge in [0.1, 0.15) is 0 Å². The molecule has 1 aromatic rings. The van der Waals surface area contributed by atoms with Gasteiger partial charge in [-0.05, 0) is 31.5 Å². The predicted molar refractivity (Wildman–Crippen MR) is 98.6 cm³/mol. The molecule has 1 saturated heterocycles. The third-order valence-electron chi connectivity index (χ3n) is 3.75. The summed E-state index contributed by atoms with van der Waals surface area (Å²) in [6.07, 6.45) is 0.337. The molecule has 0 bridgehead atoms. The maximum atomic E-state index is 11.8.